The summed E-state index contributed by atoms with van der Waals surface area (Å²) in [6.45, 7) is 7.25. The predicted octanol–water partition coefficient (Wildman–Crippen LogP) is 1.86. The molecule has 0 aromatic heterocycles. The van der Waals surface area contributed by atoms with Crippen LogP contribution in [0.3, 0.4) is 0 Å². The Bertz CT molecular complexity index is 164. The lowest BCUT2D eigenvalue weighted by Crippen LogP contribution is -2.53. The zero-order chi connectivity index (χ0) is 9.80. The molecule has 1 unspecified atom stereocenters. The second-order valence-electron chi connectivity index (χ2n) is 4.85. The van der Waals surface area contributed by atoms with E-state index < -0.39 is 0 Å². The smallest absolute Gasteiger partial charge is 0.0223 e. The molecule has 1 aliphatic carbocycles. The zero-order valence-electron chi connectivity index (χ0n) is 9.47. The largest absolute Gasteiger partial charge is 0.311 e. The molecule has 1 saturated heterocycles. The first-order valence-electron chi connectivity index (χ1n) is 6.36. The molecule has 1 aliphatic heterocycles. The second-order valence-corrected chi connectivity index (χ2v) is 4.85. The van der Waals surface area contributed by atoms with Crippen LogP contribution in [0, 0.1) is 5.92 Å². The van der Waals surface area contributed by atoms with Crippen molar-refractivity contribution in [2.24, 2.45) is 5.92 Å². The summed E-state index contributed by atoms with van der Waals surface area (Å²) in [6.07, 6.45) is 7.34. The van der Waals surface area contributed by atoms with E-state index in [9.17, 15) is 0 Å². The summed E-state index contributed by atoms with van der Waals surface area (Å²) in [5.41, 5.74) is 0. The van der Waals surface area contributed by atoms with Crippen molar-refractivity contribution in [3.63, 3.8) is 0 Å². The maximum atomic E-state index is 3.71. The second kappa shape index (κ2) is 5.13. The van der Waals surface area contributed by atoms with Crippen LogP contribution < -0.4 is 5.32 Å². The monoisotopic (exact) mass is 196 g/mol. The molecule has 2 fully saturated rings. The summed E-state index contributed by atoms with van der Waals surface area (Å²) >= 11 is 0. The lowest BCUT2D eigenvalue weighted by Gasteiger charge is -2.38. The number of likely N-dealkylation sites (N-methyl/N-ethyl adjacent to an activating group) is 1. The Balaban J connectivity index is 1.83. The van der Waals surface area contributed by atoms with Crippen LogP contribution in [-0.4, -0.2) is 37.1 Å². The van der Waals surface area contributed by atoms with Crippen LogP contribution in [0.1, 0.15) is 39.0 Å². The first-order valence-corrected chi connectivity index (χ1v) is 6.36. The molecule has 0 spiro atoms. The van der Waals surface area contributed by atoms with E-state index in [0.717, 1.165) is 12.0 Å². The number of piperazine rings is 1. The van der Waals surface area contributed by atoms with E-state index in [-0.39, 0.29) is 0 Å². The Morgan fingerprint density at radius 1 is 1.21 bits per heavy atom. The highest BCUT2D eigenvalue weighted by atomic mass is 15.2. The SMILES string of the molecule is CCN1CCNC(C2CCCCC2)C1. The first-order chi connectivity index (χ1) is 6.90. The van der Waals surface area contributed by atoms with Crippen LogP contribution >= 0.6 is 0 Å². The number of nitrogens with one attached hydrogen (secondary N) is 1. The van der Waals surface area contributed by atoms with Gasteiger partial charge in [0.2, 0.25) is 0 Å². The molecule has 2 heteroatoms. The van der Waals surface area contributed by atoms with Crippen LogP contribution in [-0.2, 0) is 0 Å². The van der Waals surface area contributed by atoms with Crippen LogP contribution in [0.15, 0.2) is 0 Å². The molecule has 0 amide bonds. The van der Waals surface area contributed by atoms with Crippen LogP contribution in [0.2, 0.25) is 0 Å². The van der Waals surface area contributed by atoms with Crippen molar-refractivity contribution in [3.05, 3.63) is 0 Å². The van der Waals surface area contributed by atoms with Crippen molar-refractivity contribution in [1.82, 2.24) is 10.2 Å². The Labute approximate surface area is 88.1 Å². The highest BCUT2D eigenvalue weighted by molar-refractivity contribution is 4.85. The molecule has 2 nitrogen and oxygen atoms in total. The molecule has 1 atom stereocenters. The molecular weight excluding hydrogens is 172 g/mol. The Kier molecular flexibility index (Phi) is 3.82. The fourth-order valence-electron chi connectivity index (χ4n) is 2.98. The summed E-state index contributed by atoms with van der Waals surface area (Å²) in [7, 11) is 0. The summed E-state index contributed by atoms with van der Waals surface area (Å²) in [5, 5.41) is 3.71. The molecule has 14 heavy (non-hydrogen) atoms. The van der Waals surface area contributed by atoms with Crippen molar-refractivity contribution >= 4 is 0 Å². The molecule has 2 aliphatic rings. The quantitative estimate of drug-likeness (QED) is 0.725. The summed E-state index contributed by atoms with van der Waals surface area (Å²) in [6, 6.07) is 0.795. The summed E-state index contributed by atoms with van der Waals surface area (Å²) < 4.78 is 0. The van der Waals surface area contributed by atoms with Gasteiger partial charge in [-0.15, -0.1) is 0 Å². The first kappa shape index (κ1) is 10.4. The minimum Gasteiger partial charge on any atom is -0.311 e. The van der Waals surface area contributed by atoms with Crippen molar-refractivity contribution < 1.29 is 0 Å². The van der Waals surface area contributed by atoms with Gasteiger partial charge in [0.1, 0.15) is 0 Å². The van der Waals surface area contributed by atoms with E-state index in [1.807, 2.05) is 0 Å². The average Bonchev–Trinajstić information content (AvgIpc) is 2.30. The van der Waals surface area contributed by atoms with Gasteiger partial charge in [-0.1, -0.05) is 26.2 Å². The molecule has 0 aromatic carbocycles. The number of nitrogens with zero attached hydrogens (tertiary/aromatic N) is 1. The third kappa shape index (κ3) is 2.48. The number of hydrogen-bond donors (Lipinski definition) is 1. The van der Waals surface area contributed by atoms with Crippen LogP contribution in [0.25, 0.3) is 0 Å². The molecule has 1 N–H and O–H groups in total. The third-order valence-electron chi connectivity index (χ3n) is 3.96. The van der Waals surface area contributed by atoms with Gasteiger partial charge in [0.05, 0.1) is 0 Å². The molecule has 1 heterocycles. The Hall–Kier alpha value is -0.0800. The number of rotatable bonds is 2. The maximum Gasteiger partial charge on any atom is 0.0223 e. The van der Waals surface area contributed by atoms with Gasteiger partial charge >= 0.3 is 0 Å². The van der Waals surface area contributed by atoms with Gasteiger partial charge < -0.3 is 10.2 Å². The number of hydrogen-bond acceptors (Lipinski definition) is 2. The van der Waals surface area contributed by atoms with Crippen molar-refractivity contribution in [3.8, 4) is 0 Å². The fourth-order valence-corrected chi connectivity index (χ4v) is 2.98. The van der Waals surface area contributed by atoms with Crippen molar-refractivity contribution in [2.75, 3.05) is 26.2 Å². The van der Waals surface area contributed by atoms with Gasteiger partial charge in [-0.05, 0) is 25.3 Å². The van der Waals surface area contributed by atoms with E-state index in [4.69, 9.17) is 0 Å². The normalized spacial score (nSPS) is 31.9. The third-order valence-corrected chi connectivity index (χ3v) is 3.96. The van der Waals surface area contributed by atoms with Gasteiger partial charge in [0.15, 0.2) is 0 Å². The molecule has 2 rings (SSSR count). The molecular formula is C12H24N2. The maximum absolute atomic E-state index is 3.71. The highest BCUT2D eigenvalue weighted by Crippen LogP contribution is 2.27. The predicted molar refractivity (Wildman–Crippen MR) is 60.5 cm³/mol. The van der Waals surface area contributed by atoms with Gasteiger partial charge in [0, 0.05) is 25.7 Å². The molecule has 82 valence electrons. The average molecular weight is 196 g/mol. The van der Waals surface area contributed by atoms with Gasteiger partial charge in [-0.25, -0.2) is 0 Å². The highest BCUT2D eigenvalue weighted by Gasteiger charge is 2.27. The van der Waals surface area contributed by atoms with Crippen molar-refractivity contribution in [2.45, 2.75) is 45.1 Å². The molecule has 0 bridgehead atoms. The van der Waals surface area contributed by atoms with E-state index in [2.05, 4.69) is 17.1 Å². The standard InChI is InChI=1S/C12H24N2/c1-2-14-9-8-13-12(10-14)11-6-4-3-5-7-11/h11-13H,2-10H2,1H3. The molecule has 1 saturated carbocycles. The summed E-state index contributed by atoms with van der Waals surface area (Å²) in [4.78, 5) is 2.59. The Morgan fingerprint density at radius 2 is 2.00 bits per heavy atom. The van der Waals surface area contributed by atoms with Crippen molar-refractivity contribution in [1.29, 1.82) is 0 Å². The Morgan fingerprint density at radius 3 is 2.71 bits per heavy atom. The minimum absolute atomic E-state index is 0.795. The topological polar surface area (TPSA) is 15.3 Å². The minimum atomic E-state index is 0.795. The van der Waals surface area contributed by atoms with E-state index in [1.165, 1.54) is 58.3 Å². The van der Waals surface area contributed by atoms with Crippen LogP contribution in [0.5, 0.6) is 0 Å². The van der Waals surface area contributed by atoms with Gasteiger partial charge in [-0.3, -0.25) is 0 Å². The zero-order valence-corrected chi connectivity index (χ0v) is 9.47. The molecule has 0 radical (unpaired) electrons. The summed E-state index contributed by atoms with van der Waals surface area (Å²) in [5.74, 6) is 0.970. The van der Waals surface area contributed by atoms with Crippen LogP contribution in [0.4, 0.5) is 0 Å². The van der Waals surface area contributed by atoms with Gasteiger partial charge in [0.25, 0.3) is 0 Å². The lowest BCUT2D eigenvalue weighted by molar-refractivity contribution is 0.151. The van der Waals surface area contributed by atoms with E-state index in [1.54, 1.807) is 0 Å². The van der Waals surface area contributed by atoms with E-state index >= 15 is 0 Å². The fraction of sp³-hybridized carbons (Fsp3) is 1.00. The van der Waals surface area contributed by atoms with E-state index in [0.29, 0.717) is 0 Å². The van der Waals surface area contributed by atoms with Gasteiger partial charge in [-0.2, -0.15) is 0 Å². The molecule has 0 aromatic rings. The lowest BCUT2D eigenvalue weighted by atomic mass is 9.83.